The zero-order chi connectivity index (χ0) is 17.8. The molecule has 0 amide bonds. The van der Waals surface area contributed by atoms with Crippen molar-refractivity contribution >= 4 is 16.7 Å². The Bertz CT molecular complexity index is 893. The van der Waals surface area contributed by atoms with Crippen LogP contribution in [0.25, 0.3) is 10.9 Å². The van der Waals surface area contributed by atoms with Crippen molar-refractivity contribution in [1.29, 1.82) is 0 Å². The molecule has 5 nitrogen and oxygen atoms in total. The van der Waals surface area contributed by atoms with Crippen LogP contribution in [0, 0.1) is 6.92 Å². The van der Waals surface area contributed by atoms with Gasteiger partial charge in [0.15, 0.2) is 11.5 Å². The Morgan fingerprint density at radius 3 is 2.36 bits per heavy atom. The summed E-state index contributed by atoms with van der Waals surface area (Å²) < 4.78 is 16.3. The van der Waals surface area contributed by atoms with Gasteiger partial charge in [-0.1, -0.05) is 24.3 Å². The predicted octanol–water partition coefficient (Wildman–Crippen LogP) is 4.18. The zero-order valence-electron chi connectivity index (χ0n) is 14.9. The summed E-state index contributed by atoms with van der Waals surface area (Å²) in [6.07, 6.45) is 0. The standard InChI is InChI=1S/C20H22N2O3/c1-13-11-18(22-19-15(13)8-6-9-16(19)23-2)21-12-14-7-5-10-17(24-3)20(14)25-4/h5-11H,12H2,1-4H3,(H,21,22). The fraction of sp³-hybridized carbons (Fsp3) is 0.250. The second kappa shape index (κ2) is 7.30. The molecule has 1 heterocycles. The molecule has 0 atom stereocenters. The number of ether oxygens (including phenoxy) is 3. The molecule has 0 aliphatic rings. The van der Waals surface area contributed by atoms with Crippen LogP contribution in [-0.2, 0) is 6.54 Å². The smallest absolute Gasteiger partial charge is 0.165 e. The van der Waals surface area contributed by atoms with Gasteiger partial charge in [-0.05, 0) is 30.7 Å². The molecule has 2 aromatic carbocycles. The lowest BCUT2D eigenvalue weighted by Crippen LogP contribution is -2.05. The third kappa shape index (κ3) is 3.31. The van der Waals surface area contributed by atoms with Crippen molar-refractivity contribution in [1.82, 2.24) is 4.98 Å². The maximum absolute atomic E-state index is 5.48. The van der Waals surface area contributed by atoms with Crippen molar-refractivity contribution in [3.05, 3.63) is 53.6 Å². The molecule has 0 aliphatic heterocycles. The van der Waals surface area contributed by atoms with Crippen molar-refractivity contribution in [3.8, 4) is 17.2 Å². The Kier molecular flexibility index (Phi) is 4.93. The topological polar surface area (TPSA) is 52.6 Å². The Hall–Kier alpha value is -2.95. The quantitative estimate of drug-likeness (QED) is 0.731. The molecule has 1 aromatic heterocycles. The highest BCUT2D eigenvalue weighted by Crippen LogP contribution is 2.32. The lowest BCUT2D eigenvalue weighted by atomic mass is 10.1. The van der Waals surface area contributed by atoms with E-state index in [4.69, 9.17) is 19.2 Å². The SMILES string of the molecule is COc1cccc(CNc2cc(C)c3cccc(OC)c3n2)c1OC. The number of benzene rings is 2. The molecule has 0 spiro atoms. The summed E-state index contributed by atoms with van der Waals surface area (Å²) in [6, 6.07) is 13.8. The van der Waals surface area contributed by atoms with Crippen molar-refractivity contribution in [3.63, 3.8) is 0 Å². The molecule has 130 valence electrons. The minimum absolute atomic E-state index is 0.577. The molecule has 25 heavy (non-hydrogen) atoms. The first-order valence-electron chi connectivity index (χ1n) is 8.06. The van der Waals surface area contributed by atoms with E-state index < -0.39 is 0 Å². The second-order valence-electron chi connectivity index (χ2n) is 5.69. The van der Waals surface area contributed by atoms with Crippen LogP contribution >= 0.6 is 0 Å². The van der Waals surface area contributed by atoms with Gasteiger partial charge in [0.05, 0.1) is 21.3 Å². The third-order valence-electron chi connectivity index (χ3n) is 4.17. The molecule has 0 bridgehead atoms. The maximum atomic E-state index is 5.48. The van der Waals surface area contributed by atoms with E-state index in [0.717, 1.165) is 39.3 Å². The van der Waals surface area contributed by atoms with E-state index in [0.29, 0.717) is 12.3 Å². The predicted molar refractivity (Wildman–Crippen MR) is 99.9 cm³/mol. The van der Waals surface area contributed by atoms with E-state index in [2.05, 4.69) is 18.3 Å². The molecule has 3 aromatic rings. The van der Waals surface area contributed by atoms with Gasteiger partial charge in [0.1, 0.15) is 17.1 Å². The van der Waals surface area contributed by atoms with Gasteiger partial charge < -0.3 is 19.5 Å². The lowest BCUT2D eigenvalue weighted by Gasteiger charge is -2.14. The summed E-state index contributed by atoms with van der Waals surface area (Å²) in [7, 11) is 4.94. The number of pyridine rings is 1. The number of nitrogens with zero attached hydrogens (tertiary/aromatic N) is 1. The number of anilines is 1. The number of aromatic nitrogens is 1. The first-order chi connectivity index (χ1) is 12.2. The molecule has 0 unspecified atom stereocenters. The number of methoxy groups -OCH3 is 3. The van der Waals surface area contributed by atoms with Crippen molar-refractivity contribution < 1.29 is 14.2 Å². The number of hydrogen-bond acceptors (Lipinski definition) is 5. The Morgan fingerprint density at radius 1 is 0.920 bits per heavy atom. The highest BCUT2D eigenvalue weighted by molar-refractivity contribution is 5.88. The molecular weight excluding hydrogens is 316 g/mol. The average molecular weight is 338 g/mol. The van der Waals surface area contributed by atoms with Gasteiger partial charge in [0.25, 0.3) is 0 Å². The van der Waals surface area contributed by atoms with E-state index in [-0.39, 0.29) is 0 Å². The minimum atomic E-state index is 0.577. The Labute approximate surface area is 147 Å². The molecule has 0 saturated carbocycles. The van der Waals surface area contributed by atoms with Gasteiger partial charge in [-0.2, -0.15) is 0 Å². The molecule has 1 N–H and O–H groups in total. The van der Waals surface area contributed by atoms with Gasteiger partial charge in [0.2, 0.25) is 0 Å². The summed E-state index contributed by atoms with van der Waals surface area (Å²) >= 11 is 0. The summed E-state index contributed by atoms with van der Waals surface area (Å²) in [6.45, 7) is 2.65. The third-order valence-corrected chi connectivity index (χ3v) is 4.17. The number of nitrogens with one attached hydrogen (secondary N) is 1. The van der Waals surface area contributed by atoms with Crippen LogP contribution in [0.4, 0.5) is 5.82 Å². The molecule has 0 fully saturated rings. The molecule has 0 radical (unpaired) electrons. The van der Waals surface area contributed by atoms with E-state index in [9.17, 15) is 0 Å². The Morgan fingerprint density at radius 2 is 1.64 bits per heavy atom. The van der Waals surface area contributed by atoms with E-state index in [1.54, 1.807) is 21.3 Å². The van der Waals surface area contributed by atoms with Crippen LogP contribution in [0.3, 0.4) is 0 Å². The Balaban J connectivity index is 1.92. The van der Waals surface area contributed by atoms with Gasteiger partial charge in [-0.3, -0.25) is 0 Å². The van der Waals surface area contributed by atoms with Gasteiger partial charge in [0, 0.05) is 17.5 Å². The molecule has 3 rings (SSSR count). The molecule has 5 heteroatoms. The van der Waals surface area contributed by atoms with Crippen LogP contribution in [0.15, 0.2) is 42.5 Å². The summed E-state index contributed by atoms with van der Waals surface area (Å²) in [5.41, 5.74) is 3.00. The number of fused-ring (bicyclic) bond motifs is 1. The van der Waals surface area contributed by atoms with Crippen molar-refractivity contribution in [2.45, 2.75) is 13.5 Å². The first-order valence-corrected chi connectivity index (χ1v) is 8.06. The number of rotatable bonds is 6. The highest BCUT2D eigenvalue weighted by atomic mass is 16.5. The fourth-order valence-corrected chi connectivity index (χ4v) is 2.93. The molecule has 0 saturated heterocycles. The second-order valence-corrected chi connectivity index (χ2v) is 5.69. The lowest BCUT2D eigenvalue weighted by molar-refractivity contribution is 0.352. The van der Waals surface area contributed by atoms with Crippen LogP contribution in [0.1, 0.15) is 11.1 Å². The van der Waals surface area contributed by atoms with E-state index >= 15 is 0 Å². The largest absolute Gasteiger partial charge is 0.494 e. The van der Waals surface area contributed by atoms with Crippen LogP contribution in [0.5, 0.6) is 17.2 Å². The molecule has 0 aliphatic carbocycles. The monoisotopic (exact) mass is 338 g/mol. The zero-order valence-corrected chi connectivity index (χ0v) is 14.9. The van der Waals surface area contributed by atoms with Gasteiger partial charge in [-0.25, -0.2) is 4.98 Å². The van der Waals surface area contributed by atoms with Crippen LogP contribution in [-0.4, -0.2) is 26.3 Å². The van der Waals surface area contributed by atoms with E-state index in [1.807, 2.05) is 36.4 Å². The van der Waals surface area contributed by atoms with Gasteiger partial charge in [-0.15, -0.1) is 0 Å². The minimum Gasteiger partial charge on any atom is -0.494 e. The van der Waals surface area contributed by atoms with Crippen LogP contribution < -0.4 is 19.5 Å². The summed E-state index contributed by atoms with van der Waals surface area (Å²) in [5, 5.41) is 4.46. The number of hydrogen-bond donors (Lipinski definition) is 1. The van der Waals surface area contributed by atoms with Gasteiger partial charge >= 0.3 is 0 Å². The number of aryl methyl sites for hydroxylation is 1. The van der Waals surface area contributed by atoms with Crippen molar-refractivity contribution in [2.24, 2.45) is 0 Å². The fourth-order valence-electron chi connectivity index (χ4n) is 2.93. The molecular formula is C20H22N2O3. The normalized spacial score (nSPS) is 10.6. The van der Waals surface area contributed by atoms with E-state index in [1.165, 1.54) is 0 Å². The summed E-state index contributed by atoms with van der Waals surface area (Å²) in [4.78, 5) is 4.71. The number of para-hydroxylation sites is 2. The summed E-state index contributed by atoms with van der Waals surface area (Å²) in [5.74, 6) is 3.00. The van der Waals surface area contributed by atoms with Crippen LogP contribution in [0.2, 0.25) is 0 Å². The maximum Gasteiger partial charge on any atom is 0.165 e. The van der Waals surface area contributed by atoms with Crippen molar-refractivity contribution in [2.75, 3.05) is 26.6 Å². The average Bonchev–Trinajstić information content (AvgIpc) is 2.65. The highest BCUT2D eigenvalue weighted by Gasteiger charge is 2.11. The first kappa shape index (κ1) is 16.9.